The molecule has 2 aromatic carbocycles. The highest BCUT2D eigenvalue weighted by Gasteiger charge is 2.25. The standard InChI is InChI=1S/C19H22N2O3S.ClH/c1-14-7-9-15(10-8-14)25(23,24)13-11-19(22)21-12-3-4-16-17(20)5-2-6-18(16)21;/h2,5-10H,3-4,11-13,20H2,1H3;1H. The van der Waals surface area contributed by atoms with Crippen LogP contribution in [0.5, 0.6) is 0 Å². The molecule has 0 bridgehead atoms. The lowest BCUT2D eigenvalue weighted by Gasteiger charge is -2.30. The molecule has 0 aromatic heterocycles. The number of rotatable bonds is 4. The number of benzene rings is 2. The Morgan fingerprint density at radius 1 is 1.15 bits per heavy atom. The minimum Gasteiger partial charge on any atom is -0.398 e. The third-order valence-corrected chi connectivity index (χ3v) is 6.28. The summed E-state index contributed by atoms with van der Waals surface area (Å²) in [5, 5.41) is 0. The van der Waals surface area contributed by atoms with E-state index in [1.54, 1.807) is 29.2 Å². The Hall–Kier alpha value is -2.05. The average Bonchev–Trinajstić information content (AvgIpc) is 2.60. The zero-order valence-electron chi connectivity index (χ0n) is 14.6. The van der Waals surface area contributed by atoms with Crippen LogP contribution in [0.25, 0.3) is 0 Å². The molecule has 0 spiro atoms. The lowest BCUT2D eigenvalue weighted by molar-refractivity contribution is -0.118. The number of amides is 1. The van der Waals surface area contributed by atoms with E-state index < -0.39 is 9.84 Å². The van der Waals surface area contributed by atoms with Gasteiger partial charge in [-0.3, -0.25) is 4.79 Å². The number of nitrogen functional groups attached to an aromatic ring is 1. The number of carbonyl (C=O) groups is 1. The number of hydrogen-bond donors (Lipinski definition) is 1. The van der Waals surface area contributed by atoms with Crippen molar-refractivity contribution in [2.75, 3.05) is 22.9 Å². The Kier molecular flexibility index (Phi) is 6.31. The van der Waals surface area contributed by atoms with Gasteiger partial charge in [0.05, 0.1) is 10.6 Å². The van der Waals surface area contributed by atoms with E-state index in [0.717, 1.165) is 29.7 Å². The Balaban J connectivity index is 0.00000243. The van der Waals surface area contributed by atoms with Crippen LogP contribution in [0.1, 0.15) is 24.0 Å². The van der Waals surface area contributed by atoms with E-state index in [4.69, 9.17) is 5.73 Å². The molecular formula is C19H23ClN2O3S. The van der Waals surface area contributed by atoms with E-state index in [2.05, 4.69) is 0 Å². The number of fused-ring (bicyclic) bond motifs is 1. The summed E-state index contributed by atoms with van der Waals surface area (Å²) in [7, 11) is -3.47. The maximum Gasteiger partial charge on any atom is 0.228 e. The van der Waals surface area contributed by atoms with E-state index in [9.17, 15) is 13.2 Å². The van der Waals surface area contributed by atoms with Crippen molar-refractivity contribution >= 4 is 39.5 Å². The zero-order valence-corrected chi connectivity index (χ0v) is 16.3. The van der Waals surface area contributed by atoms with Gasteiger partial charge in [-0.25, -0.2) is 8.42 Å². The smallest absolute Gasteiger partial charge is 0.228 e. The second-order valence-corrected chi connectivity index (χ2v) is 8.48. The lowest BCUT2D eigenvalue weighted by Crippen LogP contribution is -2.36. The molecule has 5 nitrogen and oxygen atoms in total. The van der Waals surface area contributed by atoms with E-state index in [1.807, 2.05) is 25.1 Å². The molecule has 1 amide bonds. The number of sulfone groups is 1. The van der Waals surface area contributed by atoms with E-state index in [-0.39, 0.29) is 35.4 Å². The fourth-order valence-electron chi connectivity index (χ4n) is 3.13. The first-order valence-corrected chi connectivity index (χ1v) is 10.0. The molecule has 2 aromatic rings. The first-order chi connectivity index (χ1) is 11.9. The second-order valence-electron chi connectivity index (χ2n) is 6.38. The molecule has 0 atom stereocenters. The molecule has 0 aliphatic carbocycles. The molecule has 2 N–H and O–H groups in total. The topological polar surface area (TPSA) is 80.5 Å². The number of halogens is 1. The van der Waals surface area contributed by atoms with Gasteiger partial charge in [0.1, 0.15) is 0 Å². The van der Waals surface area contributed by atoms with Crippen molar-refractivity contribution < 1.29 is 13.2 Å². The molecule has 1 heterocycles. The Labute approximate surface area is 160 Å². The fourth-order valence-corrected chi connectivity index (χ4v) is 4.36. The van der Waals surface area contributed by atoms with Crippen molar-refractivity contribution in [1.29, 1.82) is 0 Å². The van der Waals surface area contributed by atoms with Crippen molar-refractivity contribution in [3.8, 4) is 0 Å². The van der Waals surface area contributed by atoms with Crippen LogP contribution < -0.4 is 10.6 Å². The van der Waals surface area contributed by atoms with Crippen LogP contribution in [0.3, 0.4) is 0 Å². The molecule has 3 rings (SSSR count). The van der Waals surface area contributed by atoms with Crippen molar-refractivity contribution in [2.24, 2.45) is 0 Å². The monoisotopic (exact) mass is 394 g/mol. The van der Waals surface area contributed by atoms with Crippen LogP contribution in [0.4, 0.5) is 11.4 Å². The number of aryl methyl sites for hydroxylation is 1. The van der Waals surface area contributed by atoms with Crippen LogP contribution in [-0.2, 0) is 21.1 Å². The highest BCUT2D eigenvalue weighted by molar-refractivity contribution is 7.91. The minimum absolute atomic E-state index is 0. The van der Waals surface area contributed by atoms with Gasteiger partial charge in [-0.05, 0) is 49.6 Å². The zero-order chi connectivity index (χ0) is 18.0. The lowest BCUT2D eigenvalue weighted by atomic mass is 9.99. The summed E-state index contributed by atoms with van der Waals surface area (Å²) < 4.78 is 24.9. The van der Waals surface area contributed by atoms with E-state index in [1.165, 1.54) is 0 Å². The quantitative estimate of drug-likeness (QED) is 0.808. The number of nitrogens with two attached hydrogens (primary N) is 1. The summed E-state index contributed by atoms with van der Waals surface area (Å²) in [6, 6.07) is 12.2. The summed E-state index contributed by atoms with van der Waals surface area (Å²) in [5.41, 5.74) is 9.47. The van der Waals surface area contributed by atoms with Gasteiger partial charge in [-0.2, -0.15) is 0 Å². The molecule has 7 heteroatoms. The second kappa shape index (κ2) is 8.10. The van der Waals surface area contributed by atoms with Gasteiger partial charge < -0.3 is 10.6 Å². The fraction of sp³-hybridized carbons (Fsp3) is 0.316. The molecule has 0 unspecified atom stereocenters. The summed E-state index contributed by atoms with van der Waals surface area (Å²) >= 11 is 0. The molecule has 1 aliphatic rings. The van der Waals surface area contributed by atoms with Gasteiger partial charge in [-0.15, -0.1) is 12.4 Å². The molecular weight excluding hydrogens is 372 g/mol. The van der Waals surface area contributed by atoms with Gasteiger partial charge >= 0.3 is 0 Å². The van der Waals surface area contributed by atoms with E-state index in [0.29, 0.717) is 12.2 Å². The molecule has 140 valence electrons. The first kappa shape index (κ1) is 20.3. The van der Waals surface area contributed by atoms with Crippen LogP contribution in [0.2, 0.25) is 0 Å². The van der Waals surface area contributed by atoms with Gasteiger partial charge in [0, 0.05) is 24.3 Å². The first-order valence-electron chi connectivity index (χ1n) is 8.35. The number of hydrogen-bond acceptors (Lipinski definition) is 4. The van der Waals surface area contributed by atoms with Gasteiger partial charge in [0.15, 0.2) is 9.84 Å². The summed E-state index contributed by atoms with van der Waals surface area (Å²) in [6.07, 6.45) is 1.63. The number of anilines is 2. The van der Waals surface area contributed by atoms with Crippen molar-refractivity contribution in [3.05, 3.63) is 53.6 Å². The van der Waals surface area contributed by atoms with Gasteiger partial charge in [0.2, 0.25) is 5.91 Å². The van der Waals surface area contributed by atoms with Crippen molar-refractivity contribution in [1.82, 2.24) is 0 Å². The van der Waals surface area contributed by atoms with Crippen LogP contribution in [-0.4, -0.2) is 26.6 Å². The maximum absolute atomic E-state index is 12.6. The number of carbonyl (C=O) groups excluding carboxylic acids is 1. The molecule has 1 aliphatic heterocycles. The predicted octanol–water partition coefficient (Wildman–Crippen LogP) is 3.14. The largest absolute Gasteiger partial charge is 0.398 e. The molecule has 0 radical (unpaired) electrons. The highest BCUT2D eigenvalue weighted by Crippen LogP contribution is 2.31. The van der Waals surface area contributed by atoms with Gasteiger partial charge in [0.25, 0.3) is 0 Å². The molecule has 0 saturated carbocycles. The Morgan fingerprint density at radius 3 is 2.54 bits per heavy atom. The third-order valence-electron chi connectivity index (χ3n) is 4.55. The van der Waals surface area contributed by atoms with Crippen molar-refractivity contribution in [3.63, 3.8) is 0 Å². The summed E-state index contributed by atoms with van der Waals surface area (Å²) in [5.74, 6) is -0.370. The highest BCUT2D eigenvalue weighted by atomic mass is 35.5. The molecule has 0 saturated heterocycles. The van der Waals surface area contributed by atoms with Crippen molar-refractivity contribution in [2.45, 2.75) is 31.1 Å². The minimum atomic E-state index is -3.47. The summed E-state index contributed by atoms with van der Waals surface area (Å²) in [4.78, 5) is 14.5. The maximum atomic E-state index is 12.6. The predicted molar refractivity (Wildman–Crippen MR) is 107 cm³/mol. The van der Waals surface area contributed by atoms with Crippen LogP contribution >= 0.6 is 12.4 Å². The summed E-state index contributed by atoms with van der Waals surface area (Å²) in [6.45, 7) is 2.50. The van der Waals surface area contributed by atoms with Gasteiger partial charge in [-0.1, -0.05) is 23.8 Å². The Bertz CT molecular complexity index is 896. The number of nitrogens with zero attached hydrogens (tertiary/aromatic N) is 1. The van der Waals surface area contributed by atoms with E-state index >= 15 is 0 Å². The third kappa shape index (κ3) is 4.19. The Morgan fingerprint density at radius 2 is 1.85 bits per heavy atom. The van der Waals surface area contributed by atoms with Crippen LogP contribution in [0, 0.1) is 6.92 Å². The normalized spacial score (nSPS) is 13.7. The molecule has 0 fully saturated rings. The van der Waals surface area contributed by atoms with Crippen LogP contribution in [0.15, 0.2) is 47.4 Å². The average molecular weight is 395 g/mol. The SMILES string of the molecule is Cc1ccc(S(=O)(=O)CCC(=O)N2CCCc3c(N)cccc32)cc1.Cl. The molecule has 26 heavy (non-hydrogen) atoms.